The van der Waals surface area contributed by atoms with Gasteiger partial charge in [-0.05, 0) is 17.7 Å². The summed E-state index contributed by atoms with van der Waals surface area (Å²) < 4.78 is 61.7. The molecular weight excluding hydrogens is 243 g/mol. The predicted molar refractivity (Wildman–Crippen MR) is 52.2 cm³/mol. The Hall–Kier alpha value is -1.21. The number of hydrogen-bond donors (Lipinski definition) is 2. The summed E-state index contributed by atoms with van der Waals surface area (Å²) in [5, 5.41) is 2.10. The van der Waals surface area contributed by atoms with Crippen LogP contribution >= 0.6 is 0 Å². The molecule has 0 saturated carbocycles. The fourth-order valence-electron chi connectivity index (χ4n) is 1.35. The highest BCUT2D eigenvalue weighted by atomic mass is 19.4. The fraction of sp³-hybridized carbons (Fsp3) is 0.400. The maximum Gasteiger partial charge on any atom is 0.401 e. The quantitative estimate of drug-likeness (QED) is 0.808. The highest BCUT2D eigenvalue weighted by molar-refractivity contribution is 5.21. The maximum absolute atomic E-state index is 12.9. The van der Waals surface area contributed by atoms with Crippen molar-refractivity contribution < 1.29 is 22.0 Å². The molecule has 0 saturated heterocycles. The Balaban J connectivity index is 2.79. The number of alkyl halides is 3. The third-order valence-corrected chi connectivity index (χ3v) is 2.07. The third kappa shape index (κ3) is 4.66. The van der Waals surface area contributed by atoms with Crippen molar-refractivity contribution in [3.05, 3.63) is 35.4 Å². The highest BCUT2D eigenvalue weighted by Crippen LogP contribution is 2.18. The van der Waals surface area contributed by atoms with E-state index in [9.17, 15) is 22.0 Å². The molecule has 0 aliphatic carbocycles. The molecule has 1 unspecified atom stereocenters. The molecule has 1 aromatic rings. The molecule has 2 nitrogen and oxygen atoms in total. The summed E-state index contributed by atoms with van der Waals surface area (Å²) in [5.74, 6) is -1.71. The second-order valence-electron chi connectivity index (χ2n) is 3.49. The summed E-state index contributed by atoms with van der Waals surface area (Å²) in [6.07, 6.45) is -4.40. The van der Waals surface area contributed by atoms with Gasteiger partial charge in [0.1, 0.15) is 11.6 Å². The van der Waals surface area contributed by atoms with Crippen molar-refractivity contribution in [2.75, 3.05) is 13.1 Å². The Kier molecular flexibility index (Phi) is 4.41. The molecule has 0 radical (unpaired) electrons. The van der Waals surface area contributed by atoms with E-state index in [2.05, 4.69) is 5.32 Å². The zero-order chi connectivity index (χ0) is 13.1. The predicted octanol–water partition coefficient (Wildman–Crippen LogP) is 2.12. The number of halogens is 5. The summed E-state index contributed by atoms with van der Waals surface area (Å²) in [6, 6.07) is 1.59. The lowest BCUT2D eigenvalue weighted by molar-refractivity contribution is -0.126. The summed E-state index contributed by atoms with van der Waals surface area (Å²) in [7, 11) is 0. The first-order valence-corrected chi connectivity index (χ1v) is 4.78. The molecule has 0 heterocycles. The Morgan fingerprint density at radius 2 is 1.65 bits per heavy atom. The molecule has 0 spiro atoms. The molecule has 96 valence electrons. The summed E-state index contributed by atoms with van der Waals surface area (Å²) in [6.45, 7) is -1.47. The van der Waals surface area contributed by atoms with Crippen LogP contribution in [0.5, 0.6) is 0 Å². The first-order chi connectivity index (χ1) is 7.81. The molecule has 3 N–H and O–H groups in total. The van der Waals surface area contributed by atoms with E-state index in [-0.39, 0.29) is 12.1 Å². The summed E-state index contributed by atoms with van der Waals surface area (Å²) in [5.41, 5.74) is 5.31. The molecule has 0 aliphatic heterocycles. The summed E-state index contributed by atoms with van der Waals surface area (Å²) >= 11 is 0. The number of rotatable bonds is 4. The van der Waals surface area contributed by atoms with Crippen molar-refractivity contribution in [1.29, 1.82) is 0 Å². The van der Waals surface area contributed by atoms with Crippen molar-refractivity contribution >= 4 is 0 Å². The van der Waals surface area contributed by atoms with Crippen LogP contribution in [0.3, 0.4) is 0 Å². The topological polar surface area (TPSA) is 38.0 Å². The van der Waals surface area contributed by atoms with E-state index in [0.29, 0.717) is 6.07 Å². The SMILES string of the molecule is NCC(NCC(F)(F)F)c1cc(F)cc(F)c1. The smallest absolute Gasteiger partial charge is 0.329 e. The van der Waals surface area contributed by atoms with Crippen LogP contribution in [0, 0.1) is 11.6 Å². The van der Waals surface area contributed by atoms with Gasteiger partial charge in [0.15, 0.2) is 0 Å². The fourth-order valence-corrected chi connectivity index (χ4v) is 1.35. The second kappa shape index (κ2) is 5.42. The number of nitrogens with two attached hydrogens (primary N) is 1. The van der Waals surface area contributed by atoms with Crippen molar-refractivity contribution in [3.63, 3.8) is 0 Å². The van der Waals surface area contributed by atoms with Gasteiger partial charge in [0.05, 0.1) is 6.54 Å². The first kappa shape index (κ1) is 13.9. The van der Waals surface area contributed by atoms with E-state index in [4.69, 9.17) is 5.73 Å². The van der Waals surface area contributed by atoms with Crippen LogP contribution in [-0.4, -0.2) is 19.3 Å². The number of benzene rings is 1. The van der Waals surface area contributed by atoms with Crippen LogP contribution in [0.15, 0.2) is 18.2 Å². The van der Waals surface area contributed by atoms with Crippen LogP contribution in [0.25, 0.3) is 0 Å². The van der Waals surface area contributed by atoms with E-state index in [0.717, 1.165) is 12.1 Å². The van der Waals surface area contributed by atoms with E-state index >= 15 is 0 Å². The Morgan fingerprint density at radius 3 is 2.06 bits per heavy atom. The lowest BCUT2D eigenvalue weighted by Crippen LogP contribution is -2.35. The van der Waals surface area contributed by atoms with Gasteiger partial charge in [-0.1, -0.05) is 0 Å². The molecule has 17 heavy (non-hydrogen) atoms. The van der Waals surface area contributed by atoms with Crippen molar-refractivity contribution in [1.82, 2.24) is 5.32 Å². The Morgan fingerprint density at radius 1 is 1.12 bits per heavy atom. The van der Waals surface area contributed by atoms with Gasteiger partial charge in [-0.2, -0.15) is 13.2 Å². The van der Waals surface area contributed by atoms with Crippen LogP contribution in [-0.2, 0) is 0 Å². The Bertz CT molecular complexity index is 357. The van der Waals surface area contributed by atoms with Crippen molar-refractivity contribution in [2.24, 2.45) is 5.73 Å². The second-order valence-corrected chi connectivity index (χ2v) is 3.49. The lowest BCUT2D eigenvalue weighted by Gasteiger charge is -2.18. The van der Waals surface area contributed by atoms with Gasteiger partial charge in [0, 0.05) is 18.7 Å². The van der Waals surface area contributed by atoms with E-state index in [1.165, 1.54) is 0 Å². The molecule has 0 aromatic heterocycles. The van der Waals surface area contributed by atoms with E-state index < -0.39 is 30.4 Å². The minimum Gasteiger partial charge on any atom is -0.329 e. The molecule has 0 amide bonds. The standard InChI is InChI=1S/C10H11F5N2/c11-7-1-6(2-8(12)3-7)9(4-16)17-5-10(13,14)15/h1-3,9,17H,4-5,16H2. The van der Waals surface area contributed by atoms with Crippen LogP contribution in [0.1, 0.15) is 11.6 Å². The molecule has 1 atom stereocenters. The lowest BCUT2D eigenvalue weighted by atomic mass is 10.1. The zero-order valence-corrected chi connectivity index (χ0v) is 8.69. The van der Waals surface area contributed by atoms with Gasteiger partial charge in [-0.25, -0.2) is 8.78 Å². The number of nitrogens with one attached hydrogen (secondary N) is 1. The average molecular weight is 254 g/mol. The van der Waals surface area contributed by atoms with Crippen LogP contribution in [0.4, 0.5) is 22.0 Å². The van der Waals surface area contributed by atoms with E-state index in [1.54, 1.807) is 0 Å². The van der Waals surface area contributed by atoms with Gasteiger partial charge < -0.3 is 11.1 Å². The molecular formula is C10H11F5N2. The third-order valence-electron chi connectivity index (χ3n) is 2.07. The highest BCUT2D eigenvalue weighted by Gasteiger charge is 2.28. The molecule has 1 aromatic carbocycles. The molecule has 7 heteroatoms. The van der Waals surface area contributed by atoms with Crippen molar-refractivity contribution in [3.8, 4) is 0 Å². The van der Waals surface area contributed by atoms with Gasteiger partial charge in [0.2, 0.25) is 0 Å². The summed E-state index contributed by atoms with van der Waals surface area (Å²) in [4.78, 5) is 0. The van der Waals surface area contributed by atoms with Crippen LogP contribution in [0.2, 0.25) is 0 Å². The van der Waals surface area contributed by atoms with Gasteiger partial charge in [0.25, 0.3) is 0 Å². The van der Waals surface area contributed by atoms with Gasteiger partial charge >= 0.3 is 6.18 Å². The van der Waals surface area contributed by atoms with Crippen molar-refractivity contribution in [2.45, 2.75) is 12.2 Å². The van der Waals surface area contributed by atoms with Crippen LogP contribution < -0.4 is 11.1 Å². The number of hydrogen-bond acceptors (Lipinski definition) is 2. The van der Waals surface area contributed by atoms with Gasteiger partial charge in [-0.3, -0.25) is 0 Å². The largest absolute Gasteiger partial charge is 0.401 e. The molecule has 0 bridgehead atoms. The average Bonchev–Trinajstić information content (AvgIpc) is 2.15. The monoisotopic (exact) mass is 254 g/mol. The molecule has 0 aliphatic rings. The minimum atomic E-state index is -4.40. The molecule has 1 rings (SSSR count). The normalized spacial score (nSPS) is 13.8. The molecule has 0 fully saturated rings. The first-order valence-electron chi connectivity index (χ1n) is 4.78. The zero-order valence-electron chi connectivity index (χ0n) is 8.69. The van der Waals surface area contributed by atoms with Gasteiger partial charge in [-0.15, -0.1) is 0 Å². The Labute approximate surface area is 94.6 Å². The van der Waals surface area contributed by atoms with E-state index in [1.807, 2.05) is 0 Å². The maximum atomic E-state index is 12.9. The minimum absolute atomic E-state index is 0.0502.